The third-order valence-electron chi connectivity index (χ3n) is 4.22. The lowest BCUT2D eigenvalue weighted by molar-refractivity contribution is -0.128. The van der Waals surface area contributed by atoms with Gasteiger partial charge in [-0.15, -0.1) is 0 Å². The summed E-state index contributed by atoms with van der Waals surface area (Å²) < 4.78 is 11.6. The van der Waals surface area contributed by atoms with Crippen molar-refractivity contribution in [3.63, 3.8) is 0 Å². The minimum absolute atomic E-state index is 0.258. The summed E-state index contributed by atoms with van der Waals surface area (Å²) in [6, 6.07) is 18.3. The number of aromatic nitrogens is 2. The van der Waals surface area contributed by atoms with E-state index in [0.717, 1.165) is 5.56 Å². The number of nitrogens with zero attached hydrogens (tertiary/aromatic N) is 2. The van der Waals surface area contributed by atoms with Gasteiger partial charge in [-0.1, -0.05) is 18.2 Å². The predicted octanol–water partition coefficient (Wildman–Crippen LogP) is 4.69. The van der Waals surface area contributed by atoms with E-state index < -0.39 is 5.60 Å². The van der Waals surface area contributed by atoms with Crippen molar-refractivity contribution >= 4 is 22.7 Å². The van der Waals surface area contributed by atoms with Crippen LogP contribution in [-0.2, 0) is 4.79 Å². The lowest BCUT2D eigenvalue weighted by Crippen LogP contribution is -2.42. The van der Waals surface area contributed by atoms with Crippen LogP contribution < -0.4 is 10.1 Å². The van der Waals surface area contributed by atoms with E-state index >= 15 is 0 Å². The van der Waals surface area contributed by atoms with Gasteiger partial charge in [0.25, 0.3) is 5.91 Å². The molecule has 0 radical (unpaired) electrons. The second kappa shape index (κ2) is 7.15. The van der Waals surface area contributed by atoms with Crippen LogP contribution in [0.1, 0.15) is 13.8 Å². The molecule has 2 aromatic heterocycles. The Balaban J connectivity index is 1.53. The van der Waals surface area contributed by atoms with E-state index in [1.165, 1.54) is 0 Å². The molecular weight excluding hydrogens is 354 g/mol. The lowest BCUT2D eigenvalue weighted by Gasteiger charge is -2.25. The molecule has 0 saturated carbocycles. The molecule has 140 valence electrons. The maximum absolute atomic E-state index is 12.7. The van der Waals surface area contributed by atoms with Crippen LogP contribution in [0, 0.1) is 0 Å². The summed E-state index contributed by atoms with van der Waals surface area (Å²) in [7, 11) is 0. The number of para-hydroxylation sites is 1. The summed E-state index contributed by atoms with van der Waals surface area (Å²) in [6.45, 7) is 3.45. The summed E-state index contributed by atoms with van der Waals surface area (Å²) in [4.78, 5) is 21.3. The Morgan fingerprint density at radius 2 is 1.89 bits per heavy atom. The highest BCUT2D eigenvalue weighted by Gasteiger charge is 2.30. The Morgan fingerprint density at radius 3 is 2.64 bits per heavy atom. The number of amides is 1. The lowest BCUT2D eigenvalue weighted by atomic mass is 10.1. The van der Waals surface area contributed by atoms with Crippen LogP contribution >= 0.6 is 0 Å². The summed E-state index contributed by atoms with van der Waals surface area (Å²) >= 11 is 0. The van der Waals surface area contributed by atoms with E-state index in [4.69, 9.17) is 9.15 Å². The Morgan fingerprint density at radius 1 is 1.07 bits per heavy atom. The minimum Gasteiger partial charge on any atom is -0.478 e. The molecule has 0 aliphatic carbocycles. The molecule has 0 atom stereocenters. The zero-order valence-electron chi connectivity index (χ0n) is 15.5. The van der Waals surface area contributed by atoms with Gasteiger partial charge in [-0.2, -0.15) is 0 Å². The fraction of sp³-hybridized carbons (Fsp3) is 0.136. The van der Waals surface area contributed by atoms with Crippen LogP contribution in [0.4, 0.5) is 5.69 Å². The quantitative estimate of drug-likeness (QED) is 0.549. The molecule has 0 bridgehead atoms. The van der Waals surface area contributed by atoms with Crippen LogP contribution in [-0.4, -0.2) is 21.5 Å². The van der Waals surface area contributed by atoms with E-state index in [2.05, 4.69) is 15.3 Å². The summed E-state index contributed by atoms with van der Waals surface area (Å²) in [5, 5.41) is 2.89. The van der Waals surface area contributed by atoms with Gasteiger partial charge in [-0.25, -0.2) is 4.98 Å². The second-order valence-electron chi connectivity index (χ2n) is 6.82. The topological polar surface area (TPSA) is 77.2 Å². The Bertz CT molecular complexity index is 1110. The molecule has 0 spiro atoms. The molecule has 2 aromatic carbocycles. The van der Waals surface area contributed by atoms with E-state index in [9.17, 15) is 4.79 Å². The molecule has 4 aromatic rings. The molecule has 6 heteroatoms. The van der Waals surface area contributed by atoms with E-state index in [0.29, 0.717) is 28.4 Å². The van der Waals surface area contributed by atoms with E-state index in [1.54, 1.807) is 44.4 Å². The fourth-order valence-electron chi connectivity index (χ4n) is 2.73. The van der Waals surface area contributed by atoms with Crippen molar-refractivity contribution in [3.8, 4) is 17.2 Å². The average molecular weight is 373 g/mol. The van der Waals surface area contributed by atoms with Gasteiger partial charge in [0.1, 0.15) is 11.3 Å². The molecule has 6 nitrogen and oxygen atoms in total. The second-order valence-corrected chi connectivity index (χ2v) is 6.82. The number of anilines is 1. The molecule has 0 unspecified atom stereocenters. The maximum Gasteiger partial charge on any atom is 0.267 e. The fourth-order valence-corrected chi connectivity index (χ4v) is 2.73. The van der Waals surface area contributed by atoms with Crippen molar-refractivity contribution in [2.75, 3.05) is 5.32 Å². The summed E-state index contributed by atoms with van der Waals surface area (Å²) in [6.07, 6.45) is 3.38. The van der Waals surface area contributed by atoms with Crippen molar-refractivity contribution in [2.24, 2.45) is 0 Å². The van der Waals surface area contributed by atoms with Crippen LogP contribution in [0.3, 0.4) is 0 Å². The van der Waals surface area contributed by atoms with Gasteiger partial charge in [0, 0.05) is 18.1 Å². The van der Waals surface area contributed by atoms with E-state index in [1.807, 2.05) is 42.5 Å². The third-order valence-corrected chi connectivity index (χ3v) is 4.22. The highest BCUT2D eigenvalue weighted by atomic mass is 16.5. The molecular formula is C22H19N3O3. The molecule has 1 N–H and O–H groups in total. The number of carbonyl (C=O) groups is 1. The number of rotatable bonds is 5. The van der Waals surface area contributed by atoms with Gasteiger partial charge in [0.2, 0.25) is 5.89 Å². The van der Waals surface area contributed by atoms with Gasteiger partial charge in [-0.3, -0.25) is 9.78 Å². The SMILES string of the molecule is CC(C)(Oc1ccccc1)C(=O)Nc1ccc2oc(-c3cccnc3)nc2c1. The standard InChI is InChI=1S/C22H19N3O3/c1-22(2,28-17-8-4-3-5-9-17)21(26)24-16-10-11-19-18(13-16)25-20(27-19)15-7-6-12-23-14-15/h3-14H,1-2H3,(H,24,26). The number of fused-ring (bicyclic) bond motifs is 1. The molecule has 0 saturated heterocycles. The predicted molar refractivity (Wildman–Crippen MR) is 107 cm³/mol. The first-order valence-corrected chi connectivity index (χ1v) is 8.88. The van der Waals surface area contributed by atoms with Crippen LogP contribution in [0.5, 0.6) is 5.75 Å². The molecule has 0 fully saturated rings. The molecule has 0 aliphatic rings. The van der Waals surface area contributed by atoms with Crippen molar-refractivity contribution in [1.29, 1.82) is 0 Å². The van der Waals surface area contributed by atoms with Crippen molar-refractivity contribution < 1.29 is 13.9 Å². The van der Waals surface area contributed by atoms with Crippen LogP contribution in [0.2, 0.25) is 0 Å². The Labute approximate surface area is 162 Å². The van der Waals surface area contributed by atoms with Crippen LogP contribution in [0.15, 0.2) is 77.5 Å². The molecule has 2 heterocycles. The number of oxazole rings is 1. The van der Waals surface area contributed by atoms with Gasteiger partial charge >= 0.3 is 0 Å². The van der Waals surface area contributed by atoms with Crippen molar-refractivity contribution in [1.82, 2.24) is 9.97 Å². The minimum atomic E-state index is -1.04. The number of pyridine rings is 1. The van der Waals surface area contributed by atoms with Gasteiger partial charge in [-0.05, 0) is 56.3 Å². The number of nitrogens with one attached hydrogen (secondary N) is 1. The first-order valence-electron chi connectivity index (χ1n) is 8.88. The Hall–Kier alpha value is -3.67. The maximum atomic E-state index is 12.7. The first-order chi connectivity index (χ1) is 13.5. The zero-order valence-corrected chi connectivity index (χ0v) is 15.5. The largest absolute Gasteiger partial charge is 0.478 e. The average Bonchev–Trinajstić information content (AvgIpc) is 3.12. The number of hydrogen-bond donors (Lipinski definition) is 1. The van der Waals surface area contributed by atoms with Crippen molar-refractivity contribution in [2.45, 2.75) is 19.4 Å². The Kier molecular flexibility index (Phi) is 4.53. The van der Waals surface area contributed by atoms with E-state index in [-0.39, 0.29) is 5.91 Å². The first kappa shape index (κ1) is 17.7. The monoisotopic (exact) mass is 373 g/mol. The number of ether oxygens (including phenoxy) is 1. The normalized spacial score (nSPS) is 11.4. The highest BCUT2D eigenvalue weighted by Crippen LogP contribution is 2.26. The highest BCUT2D eigenvalue weighted by molar-refractivity contribution is 5.98. The molecule has 1 amide bonds. The smallest absolute Gasteiger partial charge is 0.267 e. The van der Waals surface area contributed by atoms with Crippen LogP contribution in [0.25, 0.3) is 22.6 Å². The van der Waals surface area contributed by atoms with Gasteiger partial charge < -0.3 is 14.5 Å². The zero-order chi connectivity index (χ0) is 19.6. The van der Waals surface area contributed by atoms with Gasteiger partial charge in [0.05, 0.1) is 5.56 Å². The third kappa shape index (κ3) is 3.71. The van der Waals surface area contributed by atoms with Crippen molar-refractivity contribution in [3.05, 3.63) is 73.1 Å². The number of hydrogen-bond acceptors (Lipinski definition) is 5. The van der Waals surface area contributed by atoms with Gasteiger partial charge in [0.15, 0.2) is 11.2 Å². The molecule has 0 aliphatic heterocycles. The molecule has 28 heavy (non-hydrogen) atoms. The summed E-state index contributed by atoms with van der Waals surface area (Å²) in [5.41, 5.74) is 1.66. The summed E-state index contributed by atoms with van der Waals surface area (Å²) in [5.74, 6) is 0.863. The number of benzene rings is 2. The molecule has 4 rings (SSSR count). The number of carbonyl (C=O) groups excluding carboxylic acids is 1.